The van der Waals surface area contributed by atoms with Gasteiger partial charge in [-0.3, -0.25) is 4.79 Å². The lowest BCUT2D eigenvalue weighted by molar-refractivity contribution is -0.152. The molecule has 1 aromatic rings. The number of nitrogens with zero attached hydrogens (tertiary/aromatic N) is 1. The van der Waals surface area contributed by atoms with Crippen LogP contribution in [0.1, 0.15) is 31.2 Å². The molecule has 20 heavy (non-hydrogen) atoms. The van der Waals surface area contributed by atoms with Gasteiger partial charge in [0.25, 0.3) is 0 Å². The van der Waals surface area contributed by atoms with Crippen molar-refractivity contribution in [3.63, 3.8) is 0 Å². The molecule has 2 N–H and O–H groups in total. The molecule has 1 saturated heterocycles. The van der Waals surface area contributed by atoms with E-state index in [0.29, 0.717) is 24.9 Å². The number of hydrogen-bond acceptors (Lipinski definition) is 3. The number of piperidine rings is 1. The number of aromatic hydroxyl groups is 1. The molecule has 108 valence electrons. The molecule has 5 nitrogen and oxygen atoms in total. The molecule has 2 rings (SSSR count). The van der Waals surface area contributed by atoms with Gasteiger partial charge in [0.1, 0.15) is 11.8 Å². The summed E-state index contributed by atoms with van der Waals surface area (Å²) >= 11 is 0. The van der Waals surface area contributed by atoms with Crippen molar-refractivity contribution in [1.29, 1.82) is 0 Å². The van der Waals surface area contributed by atoms with Crippen LogP contribution in [0.3, 0.4) is 0 Å². The zero-order valence-electron chi connectivity index (χ0n) is 11.3. The van der Waals surface area contributed by atoms with Crippen LogP contribution in [0, 0.1) is 0 Å². The molecule has 1 fully saturated rings. The van der Waals surface area contributed by atoms with Gasteiger partial charge in [-0.25, -0.2) is 4.79 Å². The Morgan fingerprint density at radius 3 is 2.70 bits per heavy atom. The van der Waals surface area contributed by atoms with E-state index in [2.05, 4.69) is 0 Å². The Labute approximate surface area is 117 Å². The highest BCUT2D eigenvalue weighted by molar-refractivity contribution is 5.84. The van der Waals surface area contributed by atoms with Crippen LogP contribution in [-0.2, 0) is 16.0 Å². The van der Waals surface area contributed by atoms with E-state index in [-0.39, 0.29) is 18.1 Å². The van der Waals surface area contributed by atoms with Crippen molar-refractivity contribution in [1.82, 2.24) is 4.90 Å². The Kier molecular flexibility index (Phi) is 4.61. The van der Waals surface area contributed by atoms with Crippen molar-refractivity contribution < 1.29 is 19.8 Å². The molecule has 1 heterocycles. The van der Waals surface area contributed by atoms with Crippen LogP contribution in [0.2, 0.25) is 0 Å². The fourth-order valence-electron chi connectivity index (χ4n) is 2.59. The fourth-order valence-corrected chi connectivity index (χ4v) is 2.59. The third kappa shape index (κ3) is 3.29. The van der Waals surface area contributed by atoms with Gasteiger partial charge in [0, 0.05) is 13.0 Å². The van der Waals surface area contributed by atoms with E-state index in [4.69, 9.17) is 5.11 Å². The molecule has 5 heteroatoms. The predicted molar refractivity (Wildman–Crippen MR) is 73.4 cm³/mol. The number of para-hydroxylation sites is 1. The standard InChI is InChI=1S/C15H19NO4/c17-13-7-2-1-5-11(13)8-9-14(18)16-10-4-3-6-12(16)15(19)20/h1-2,5,7,12,17H,3-4,6,8-10H2,(H,19,20)/t12-/m0/s1. The molecule has 0 spiro atoms. The maximum atomic E-state index is 12.2. The first-order valence-electron chi connectivity index (χ1n) is 6.88. The first kappa shape index (κ1) is 14.4. The van der Waals surface area contributed by atoms with Crippen LogP contribution in [0.25, 0.3) is 0 Å². The topological polar surface area (TPSA) is 77.8 Å². The summed E-state index contributed by atoms with van der Waals surface area (Å²) in [6.45, 7) is 0.510. The Hall–Kier alpha value is -2.04. The average molecular weight is 277 g/mol. The summed E-state index contributed by atoms with van der Waals surface area (Å²) in [7, 11) is 0. The van der Waals surface area contributed by atoms with Crippen molar-refractivity contribution in [2.24, 2.45) is 0 Å². The Balaban J connectivity index is 1.97. The minimum atomic E-state index is -0.930. The number of aryl methyl sites for hydroxylation is 1. The maximum Gasteiger partial charge on any atom is 0.326 e. The van der Waals surface area contributed by atoms with Gasteiger partial charge in [-0.15, -0.1) is 0 Å². The van der Waals surface area contributed by atoms with Crippen LogP contribution >= 0.6 is 0 Å². The van der Waals surface area contributed by atoms with E-state index in [1.165, 1.54) is 4.90 Å². The number of rotatable bonds is 4. The molecule has 1 atom stereocenters. The molecule has 0 aromatic heterocycles. The van der Waals surface area contributed by atoms with E-state index < -0.39 is 12.0 Å². The van der Waals surface area contributed by atoms with E-state index in [0.717, 1.165) is 12.8 Å². The molecule has 0 saturated carbocycles. The van der Waals surface area contributed by atoms with Gasteiger partial charge in [-0.05, 0) is 37.3 Å². The molecule has 1 aromatic carbocycles. The number of phenols is 1. The SMILES string of the molecule is O=C(O)[C@@H]1CCCCN1C(=O)CCc1ccccc1O. The third-order valence-electron chi connectivity index (χ3n) is 3.71. The van der Waals surface area contributed by atoms with Gasteiger partial charge in [0.15, 0.2) is 0 Å². The number of carbonyl (C=O) groups is 2. The minimum Gasteiger partial charge on any atom is -0.508 e. The second kappa shape index (κ2) is 6.41. The van der Waals surface area contributed by atoms with Crippen LogP contribution in [0.5, 0.6) is 5.75 Å². The van der Waals surface area contributed by atoms with E-state index >= 15 is 0 Å². The van der Waals surface area contributed by atoms with Crippen molar-refractivity contribution in [3.05, 3.63) is 29.8 Å². The molecule has 1 aliphatic rings. The molecule has 0 bridgehead atoms. The lowest BCUT2D eigenvalue weighted by Gasteiger charge is -2.33. The third-order valence-corrected chi connectivity index (χ3v) is 3.71. The monoisotopic (exact) mass is 277 g/mol. The van der Waals surface area contributed by atoms with Crippen molar-refractivity contribution in [2.75, 3.05) is 6.54 Å². The first-order valence-corrected chi connectivity index (χ1v) is 6.88. The van der Waals surface area contributed by atoms with Crippen LogP contribution in [-0.4, -0.2) is 39.6 Å². The summed E-state index contributed by atoms with van der Waals surface area (Å²) in [4.78, 5) is 24.8. The predicted octanol–water partition coefficient (Wildman–Crippen LogP) is 1.79. The largest absolute Gasteiger partial charge is 0.508 e. The number of likely N-dealkylation sites (tertiary alicyclic amines) is 1. The summed E-state index contributed by atoms with van der Waals surface area (Å²) in [5.41, 5.74) is 0.713. The Morgan fingerprint density at radius 2 is 2.00 bits per heavy atom. The highest BCUT2D eigenvalue weighted by atomic mass is 16.4. The van der Waals surface area contributed by atoms with E-state index in [1.807, 2.05) is 0 Å². The molecule has 0 unspecified atom stereocenters. The van der Waals surface area contributed by atoms with Gasteiger partial charge in [-0.1, -0.05) is 18.2 Å². The lowest BCUT2D eigenvalue weighted by Crippen LogP contribution is -2.48. The zero-order chi connectivity index (χ0) is 14.5. The average Bonchev–Trinajstić information content (AvgIpc) is 2.46. The second-order valence-corrected chi connectivity index (χ2v) is 5.07. The summed E-state index contributed by atoms with van der Waals surface area (Å²) in [6.07, 6.45) is 2.87. The summed E-state index contributed by atoms with van der Waals surface area (Å²) in [5, 5.41) is 18.8. The van der Waals surface area contributed by atoms with Crippen molar-refractivity contribution in [3.8, 4) is 5.75 Å². The highest BCUT2D eigenvalue weighted by Crippen LogP contribution is 2.21. The number of benzene rings is 1. The maximum absolute atomic E-state index is 12.2. The lowest BCUT2D eigenvalue weighted by atomic mass is 10.0. The smallest absolute Gasteiger partial charge is 0.326 e. The molecule has 0 radical (unpaired) electrons. The summed E-state index contributed by atoms with van der Waals surface area (Å²) in [5.74, 6) is -0.908. The van der Waals surface area contributed by atoms with Crippen molar-refractivity contribution >= 4 is 11.9 Å². The Morgan fingerprint density at radius 1 is 1.25 bits per heavy atom. The van der Waals surface area contributed by atoms with E-state index in [9.17, 15) is 14.7 Å². The fraction of sp³-hybridized carbons (Fsp3) is 0.467. The minimum absolute atomic E-state index is 0.152. The summed E-state index contributed by atoms with van der Waals surface area (Å²) < 4.78 is 0. The number of carboxylic acid groups (broad SMARTS) is 1. The Bertz CT molecular complexity index is 500. The van der Waals surface area contributed by atoms with Gasteiger partial charge in [0.2, 0.25) is 5.91 Å². The number of aliphatic carboxylic acids is 1. The second-order valence-electron chi connectivity index (χ2n) is 5.07. The molecule has 1 amide bonds. The zero-order valence-corrected chi connectivity index (χ0v) is 11.3. The van der Waals surface area contributed by atoms with E-state index in [1.54, 1.807) is 24.3 Å². The van der Waals surface area contributed by atoms with Gasteiger partial charge < -0.3 is 15.1 Å². The molecule has 0 aliphatic carbocycles. The van der Waals surface area contributed by atoms with Crippen LogP contribution < -0.4 is 0 Å². The quantitative estimate of drug-likeness (QED) is 0.879. The molecule has 1 aliphatic heterocycles. The number of hydrogen-bond donors (Lipinski definition) is 2. The van der Waals surface area contributed by atoms with Gasteiger partial charge in [0.05, 0.1) is 0 Å². The summed E-state index contributed by atoms with van der Waals surface area (Å²) in [6, 6.07) is 6.20. The number of carbonyl (C=O) groups excluding carboxylic acids is 1. The number of amides is 1. The first-order chi connectivity index (χ1) is 9.59. The highest BCUT2D eigenvalue weighted by Gasteiger charge is 2.31. The van der Waals surface area contributed by atoms with Gasteiger partial charge in [-0.2, -0.15) is 0 Å². The van der Waals surface area contributed by atoms with Crippen LogP contribution in [0.4, 0.5) is 0 Å². The normalized spacial score (nSPS) is 18.8. The van der Waals surface area contributed by atoms with Gasteiger partial charge >= 0.3 is 5.97 Å². The number of carboxylic acids is 1. The van der Waals surface area contributed by atoms with Crippen LogP contribution in [0.15, 0.2) is 24.3 Å². The van der Waals surface area contributed by atoms with Crippen molar-refractivity contribution in [2.45, 2.75) is 38.1 Å². The molecular formula is C15H19NO4. The molecular weight excluding hydrogens is 258 g/mol. The number of phenolic OH excluding ortho intramolecular Hbond substituents is 1.